The van der Waals surface area contributed by atoms with Crippen molar-refractivity contribution in [2.24, 2.45) is 0 Å². The van der Waals surface area contributed by atoms with Crippen LogP contribution in [0.1, 0.15) is 36.9 Å². The Kier molecular flexibility index (Phi) is 5.11. The summed E-state index contributed by atoms with van der Waals surface area (Å²) in [6.07, 6.45) is 4.08. The molecule has 0 aliphatic carbocycles. The van der Waals surface area contributed by atoms with Crippen LogP contribution >= 0.6 is 11.3 Å². The highest BCUT2D eigenvalue weighted by molar-refractivity contribution is 7.22. The van der Waals surface area contributed by atoms with E-state index in [2.05, 4.69) is 57.4 Å². The molecule has 0 saturated carbocycles. The molecule has 2 aromatic carbocycles. The highest BCUT2D eigenvalue weighted by Crippen LogP contribution is 2.37. The molecule has 1 saturated heterocycles. The number of benzene rings is 2. The average molecular weight is 430 g/mol. The number of nitrogens with zero attached hydrogens (tertiary/aromatic N) is 4. The van der Waals surface area contributed by atoms with Crippen molar-refractivity contribution in [2.75, 3.05) is 16.8 Å². The third kappa shape index (κ3) is 3.88. The molecule has 1 fully saturated rings. The van der Waals surface area contributed by atoms with Gasteiger partial charge in [-0.3, -0.25) is 4.79 Å². The van der Waals surface area contributed by atoms with Gasteiger partial charge >= 0.3 is 0 Å². The first-order valence-electron chi connectivity index (χ1n) is 10.4. The molecule has 1 aliphatic rings. The van der Waals surface area contributed by atoms with Gasteiger partial charge in [0, 0.05) is 25.2 Å². The normalized spacial score (nSPS) is 16.1. The van der Waals surface area contributed by atoms with Gasteiger partial charge in [-0.15, -0.1) is 0 Å². The molecule has 3 heterocycles. The van der Waals surface area contributed by atoms with E-state index in [-0.39, 0.29) is 5.91 Å². The molecule has 1 aliphatic heterocycles. The van der Waals surface area contributed by atoms with Crippen LogP contribution in [0.15, 0.2) is 54.7 Å². The van der Waals surface area contributed by atoms with E-state index in [4.69, 9.17) is 4.98 Å². The van der Waals surface area contributed by atoms with E-state index in [1.165, 1.54) is 29.4 Å². The van der Waals surface area contributed by atoms with Crippen molar-refractivity contribution in [2.45, 2.75) is 32.7 Å². The summed E-state index contributed by atoms with van der Waals surface area (Å²) in [5.74, 6) is 0.653. The maximum absolute atomic E-state index is 11.3. The second-order valence-electron chi connectivity index (χ2n) is 7.83. The minimum atomic E-state index is -0.117. The number of fused-ring (bicyclic) bond motifs is 1. The standard InChI is InChI=1S/C24H23N5OS/c1-15-6-3-4-7-18(15)21-8-5-13-29(21)23-25-12-11-19(27-23)17-9-10-20-22(14-17)31-24(28-20)26-16(2)30/h3-4,6-7,9-12,14,21H,5,8,13H2,1-2H3,(H,26,28,30)/t21-/m0/s1. The molecule has 0 spiro atoms. The topological polar surface area (TPSA) is 71.0 Å². The summed E-state index contributed by atoms with van der Waals surface area (Å²) in [6, 6.07) is 16.9. The van der Waals surface area contributed by atoms with Crippen LogP contribution < -0.4 is 10.2 Å². The summed E-state index contributed by atoms with van der Waals surface area (Å²) in [7, 11) is 0. The van der Waals surface area contributed by atoms with Gasteiger partial charge in [-0.05, 0) is 49.1 Å². The number of anilines is 2. The molecule has 0 bridgehead atoms. The maximum atomic E-state index is 11.3. The van der Waals surface area contributed by atoms with Gasteiger partial charge in [0.15, 0.2) is 5.13 Å². The molecule has 1 N–H and O–H groups in total. The number of rotatable bonds is 4. The van der Waals surface area contributed by atoms with Gasteiger partial charge in [-0.25, -0.2) is 15.0 Å². The minimum Gasteiger partial charge on any atom is -0.334 e. The number of nitrogens with one attached hydrogen (secondary N) is 1. The Morgan fingerprint density at radius 2 is 2.03 bits per heavy atom. The molecule has 0 radical (unpaired) electrons. The minimum absolute atomic E-state index is 0.117. The maximum Gasteiger partial charge on any atom is 0.226 e. The first-order chi connectivity index (χ1) is 15.1. The molecule has 1 atom stereocenters. The molecular formula is C24H23N5OS. The molecule has 4 aromatic rings. The van der Waals surface area contributed by atoms with Crippen molar-refractivity contribution < 1.29 is 4.79 Å². The number of thiazole rings is 1. The lowest BCUT2D eigenvalue weighted by Crippen LogP contribution is -2.25. The van der Waals surface area contributed by atoms with Crippen LogP contribution in [-0.4, -0.2) is 27.4 Å². The Hall–Kier alpha value is -3.32. The number of carbonyl (C=O) groups excluding carboxylic acids is 1. The number of amides is 1. The van der Waals surface area contributed by atoms with Crippen molar-refractivity contribution >= 4 is 38.5 Å². The Balaban J connectivity index is 1.47. The van der Waals surface area contributed by atoms with Crippen LogP contribution in [0.25, 0.3) is 21.5 Å². The largest absolute Gasteiger partial charge is 0.334 e. The van der Waals surface area contributed by atoms with E-state index < -0.39 is 0 Å². The molecule has 7 heteroatoms. The highest BCUT2D eigenvalue weighted by Gasteiger charge is 2.29. The molecule has 1 amide bonds. The lowest BCUT2D eigenvalue weighted by Gasteiger charge is -2.26. The smallest absolute Gasteiger partial charge is 0.226 e. The van der Waals surface area contributed by atoms with Crippen LogP contribution in [0.4, 0.5) is 11.1 Å². The van der Waals surface area contributed by atoms with Gasteiger partial charge < -0.3 is 10.2 Å². The second-order valence-corrected chi connectivity index (χ2v) is 8.86. The zero-order valence-electron chi connectivity index (χ0n) is 17.5. The third-order valence-electron chi connectivity index (χ3n) is 5.67. The molecule has 31 heavy (non-hydrogen) atoms. The summed E-state index contributed by atoms with van der Waals surface area (Å²) in [4.78, 5) is 27.6. The van der Waals surface area contributed by atoms with E-state index in [1.54, 1.807) is 0 Å². The van der Waals surface area contributed by atoms with E-state index in [1.807, 2.05) is 24.4 Å². The first-order valence-corrected chi connectivity index (χ1v) is 11.2. The zero-order chi connectivity index (χ0) is 21.4. The molecule has 0 unspecified atom stereocenters. The molecule has 2 aromatic heterocycles. The summed E-state index contributed by atoms with van der Waals surface area (Å²) in [6.45, 7) is 4.61. The monoisotopic (exact) mass is 429 g/mol. The average Bonchev–Trinajstić information content (AvgIpc) is 3.39. The van der Waals surface area contributed by atoms with Crippen molar-refractivity contribution in [3.63, 3.8) is 0 Å². The summed E-state index contributed by atoms with van der Waals surface area (Å²) in [5, 5.41) is 3.37. The highest BCUT2D eigenvalue weighted by atomic mass is 32.1. The summed E-state index contributed by atoms with van der Waals surface area (Å²) in [5.41, 5.74) is 5.43. The van der Waals surface area contributed by atoms with Gasteiger partial charge in [-0.2, -0.15) is 0 Å². The molecule has 5 rings (SSSR count). The van der Waals surface area contributed by atoms with E-state index in [9.17, 15) is 4.79 Å². The Bertz CT molecular complexity index is 1270. The van der Waals surface area contributed by atoms with Gasteiger partial charge in [-0.1, -0.05) is 41.7 Å². The predicted octanol–water partition coefficient (Wildman–Crippen LogP) is 5.36. The quantitative estimate of drug-likeness (QED) is 0.473. The Labute approximate surface area is 185 Å². The number of hydrogen-bond acceptors (Lipinski definition) is 6. The van der Waals surface area contributed by atoms with Gasteiger partial charge in [0.25, 0.3) is 0 Å². The number of aromatic nitrogens is 3. The van der Waals surface area contributed by atoms with Crippen molar-refractivity contribution in [3.05, 3.63) is 65.9 Å². The Morgan fingerprint density at radius 1 is 1.16 bits per heavy atom. The SMILES string of the molecule is CC(=O)Nc1nc2ccc(-c3ccnc(N4CCC[C@H]4c4ccccc4C)n3)cc2s1. The number of carbonyl (C=O) groups is 1. The van der Waals surface area contributed by atoms with E-state index in [0.29, 0.717) is 11.2 Å². The van der Waals surface area contributed by atoms with Gasteiger partial charge in [0.2, 0.25) is 11.9 Å². The molecule has 156 valence electrons. The van der Waals surface area contributed by atoms with Crippen LogP contribution in [0.5, 0.6) is 0 Å². The van der Waals surface area contributed by atoms with Gasteiger partial charge in [0.05, 0.1) is 22.0 Å². The molecule has 6 nitrogen and oxygen atoms in total. The summed E-state index contributed by atoms with van der Waals surface area (Å²) < 4.78 is 1.01. The first kappa shape index (κ1) is 19.6. The van der Waals surface area contributed by atoms with E-state index >= 15 is 0 Å². The fourth-order valence-electron chi connectivity index (χ4n) is 4.23. The fraction of sp³-hybridized carbons (Fsp3) is 0.250. The number of aryl methyl sites for hydroxylation is 1. The second kappa shape index (κ2) is 8.07. The molecular weight excluding hydrogens is 406 g/mol. The van der Waals surface area contributed by atoms with Crippen LogP contribution in [0.3, 0.4) is 0 Å². The third-order valence-corrected chi connectivity index (χ3v) is 6.60. The van der Waals surface area contributed by atoms with Gasteiger partial charge in [0.1, 0.15) is 0 Å². The van der Waals surface area contributed by atoms with Crippen molar-refractivity contribution in [1.82, 2.24) is 15.0 Å². The summed E-state index contributed by atoms with van der Waals surface area (Å²) >= 11 is 1.47. The van der Waals surface area contributed by atoms with Crippen molar-refractivity contribution in [3.8, 4) is 11.3 Å². The zero-order valence-corrected chi connectivity index (χ0v) is 18.3. The lowest BCUT2D eigenvalue weighted by molar-refractivity contribution is -0.114. The van der Waals surface area contributed by atoms with Crippen molar-refractivity contribution in [1.29, 1.82) is 0 Å². The Morgan fingerprint density at radius 3 is 2.87 bits per heavy atom. The van der Waals surface area contributed by atoms with E-state index in [0.717, 1.165) is 46.8 Å². The lowest BCUT2D eigenvalue weighted by atomic mass is 9.99. The number of hydrogen-bond donors (Lipinski definition) is 1. The fourth-order valence-corrected chi connectivity index (χ4v) is 5.18. The van der Waals surface area contributed by atoms with Crippen LogP contribution in [0.2, 0.25) is 0 Å². The van der Waals surface area contributed by atoms with Crippen LogP contribution in [0, 0.1) is 6.92 Å². The predicted molar refractivity (Wildman–Crippen MR) is 125 cm³/mol. The van der Waals surface area contributed by atoms with Crippen LogP contribution in [-0.2, 0) is 4.79 Å².